The Bertz CT molecular complexity index is 340. The molecule has 1 heterocycles. The third-order valence-corrected chi connectivity index (χ3v) is 3.65. The average Bonchev–Trinajstić information content (AvgIpc) is 2.51. The van der Waals surface area contributed by atoms with Crippen molar-refractivity contribution in [1.82, 2.24) is 0 Å². The first-order valence-corrected chi connectivity index (χ1v) is 8.08. The fourth-order valence-corrected chi connectivity index (χ4v) is 1.78. The quantitative estimate of drug-likeness (QED) is 0.573. The molecule has 1 aliphatic rings. The minimum absolute atomic E-state index is 0.130. The van der Waals surface area contributed by atoms with Crippen LogP contribution in [0.1, 0.15) is 0 Å². The molecule has 0 aromatic heterocycles. The second kappa shape index (κ2) is 12.0. The molecule has 10 heteroatoms. The predicted octanol–water partition coefficient (Wildman–Crippen LogP) is 1.41. The van der Waals surface area contributed by atoms with Crippen LogP contribution in [0.2, 0.25) is 0 Å². The van der Waals surface area contributed by atoms with E-state index >= 15 is 0 Å². The Hall–Kier alpha value is -0.520. The molecule has 1 aliphatic heterocycles. The Morgan fingerprint density at radius 2 is 0.636 bits per heavy atom. The van der Waals surface area contributed by atoms with Gasteiger partial charge in [0.1, 0.15) is 26.4 Å². The minimum Gasteiger partial charge on any atom is -0.478 e. The zero-order chi connectivity index (χ0) is 16.2. The maximum Gasteiger partial charge on any atom is 0.239 e. The van der Waals surface area contributed by atoms with Crippen LogP contribution in [0.25, 0.3) is 0 Å². The monoisotopic (exact) mass is 384 g/mol. The molecule has 0 atom stereocenters. The lowest BCUT2D eigenvalue weighted by atomic mass is 10.6. The zero-order valence-corrected chi connectivity index (χ0v) is 15.0. The average molecular weight is 385 g/mol. The third kappa shape index (κ3) is 8.81. The molecule has 1 fully saturated rings. The molecule has 1 saturated heterocycles. The molecule has 0 radical (unpaired) electrons. The highest BCUT2D eigenvalue weighted by molar-refractivity contribution is 7.89. The summed E-state index contributed by atoms with van der Waals surface area (Å²) in [6.45, 7) is 2.42. The summed E-state index contributed by atoms with van der Waals surface area (Å²) in [5.41, 5.74) is 0. The standard InChI is InChI=1S/C12H16O6S4/c19-9-10(20)17-7-3-14-4-8-18-12(22)11(21)16-6-2-13-1-5-15-9/h1-8H2. The minimum atomic E-state index is 0.130. The van der Waals surface area contributed by atoms with Gasteiger partial charge in [0.05, 0.1) is 26.4 Å². The van der Waals surface area contributed by atoms with E-state index in [-0.39, 0.29) is 46.6 Å². The zero-order valence-electron chi connectivity index (χ0n) is 11.7. The molecular formula is C12H16O6S4. The lowest BCUT2D eigenvalue weighted by molar-refractivity contribution is 0.0657. The van der Waals surface area contributed by atoms with Crippen molar-refractivity contribution in [2.75, 3.05) is 52.9 Å². The Labute approximate surface area is 150 Å². The molecule has 0 aromatic carbocycles. The smallest absolute Gasteiger partial charge is 0.239 e. The Morgan fingerprint density at radius 3 is 0.864 bits per heavy atom. The van der Waals surface area contributed by atoms with Gasteiger partial charge in [0.2, 0.25) is 20.2 Å². The molecule has 0 aliphatic carbocycles. The van der Waals surface area contributed by atoms with Gasteiger partial charge < -0.3 is 28.4 Å². The molecule has 0 spiro atoms. The van der Waals surface area contributed by atoms with E-state index in [1.165, 1.54) is 0 Å². The molecule has 22 heavy (non-hydrogen) atoms. The predicted molar refractivity (Wildman–Crippen MR) is 95.8 cm³/mol. The van der Waals surface area contributed by atoms with E-state index in [9.17, 15) is 0 Å². The molecule has 1 rings (SSSR count). The summed E-state index contributed by atoms with van der Waals surface area (Å²) >= 11 is 19.9. The highest BCUT2D eigenvalue weighted by Gasteiger charge is 2.09. The van der Waals surface area contributed by atoms with Gasteiger partial charge in [-0.2, -0.15) is 0 Å². The normalized spacial score (nSPS) is 20.7. The molecule has 124 valence electrons. The summed E-state index contributed by atoms with van der Waals surface area (Å²) in [6, 6.07) is 0. The fraction of sp³-hybridized carbons (Fsp3) is 0.667. The lowest BCUT2D eigenvalue weighted by Gasteiger charge is -2.13. The van der Waals surface area contributed by atoms with E-state index in [0.29, 0.717) is 26.4 Å². The largest absolute Gasteiger partial charge is 0.478 e. The van der Waals surface area contributed by atoms with Crippen LogP contribution in [0.5, 0.6) is 0 Å². The van der Waals surface area contributed by atoms with Gasteiger partial charge in [0.15, 0.2) is 0 Å². The van der Waals surface area contributed by atoms with E-state index in [2.05, 4.69) is 0 Å². The highest BCUT2D eigenvalue weighted by atomic mass is 32.1. The summed E-state index contributed by atoms with van der Waals surface area (Å²) in [4.78, 5) is 0. The SMILES string of the molecule is S=C1OCCOCCOC(=S)C(=S)OCCOCCOC1=S. The maximum atomic E-state index is 5.29. The number of hydrogen-bond acceptors (Lipinski definition) is 10. The van der Waals surface area contributed by atoms with Crippen LogP contribution in [0.3, 0.4) is 0 Å². The van der Waals surface area contributed by atoms with E-state index in [4.69, 9.17) is 77.3 Å². The van der Waals surface area contributed by atoms with Crippen molar-refractivity contribution >= 4 is 69.1 Å². The number of ether oxygens (including phenoxy) is 6. The molecule has 0 aromatic rings. The number of thiocarbonyl (C=S) groups is 4. The Kier molecular flexibility index (Phi) is 10.6. The molecule has 6 nitrogen and oxygen atoms in total. The summed E-state index contributed by atoms with van der Waals surface area (Å²) in [5, 5.41) is 0.522. The molecule has 0 N–H and O–H groups in total. The van der Waals surface area contributed by atoms with Gasteiger partial charge >= 0.3 is 0 Å². The van der Waals surface area contributed by atoms with Gasteiger partial charge in [-0.15, -0.1) is 0 Å². The molecule has 0 saturated carbocycles. The van der Waals surface area contributed by atoms with Crippen molar-refractivity contribution in [2.45, 2.75) is 0 Å². The van der Waals surface area contributed by atoms with E-state index in [0.717, 1.165) is 0 Å². The van der Waals surface area contributed by atoms with Crippen LogP contribution in [-0.4, -0.2) is 73.1 Å². The lowest BCUT2D eigenvalue weighted by Crippen LogP contribution is -2.23. The van der Waals surface area contributed by atoms with E-state index in [1.807, 2.05) is 0 Å². The summed E-state index contributed by atoms with van der Waals surface area (Å²) < 4.78 is 31.5. The topological polar surface area (TPSA) is 55.4 Å². The first kappa shape index (κ1) is 19.5. The van der Waals surface area contributed by atoms with Gasteiger partial charge in [0, 0.05) is 0 Å². The fourth-order valence-electron chi connectivity index (χ4n) is 1.21. The molecular weight excluding hydrogens is 368 g/mol. The van der Waals surface area contributed by atoms with Crippen molar-refractivity contribution in [3.63, 3.8) is 0 Å². The number of rotatable bonds is 0. The van der Waals surface area contributed by atoms with Crippen molar-refractivity contribution in [3.05, 3.63) is 0 Å². The first-order chi connectivity index (χ1) is 10.6. The Balaban J connectivity index is 2.38. The second-order valence-corrected chi connectivity index (χ2v) is 5.25. The molecule has 0 bridgehead atoms. The Morgan fingerprint density at radius 1 is 0.409 bits per heavy atom. The first-order valence-electron chi connectivity index (χ1n) is 6.44. The molecule has 0 unspecified atom stereocenters. The molecule has 0 amide bonds. The van der Waals surface area contributed by atoms with Crippen molar-refractivity contribution in [3.8, 4) is 0 Å². The van der Waals surface area contributed by atoms with Crippen LogP contribution < -0.4 is 0 Å². The summed E-state index contributed by atoms with van der Waals surface area (Å²) in [6.07, 6.45) is 0. The van der Waals surface area contributed by atoms with Crippen LogP contribution in [0.4, 0.5) is 0 Å². The van der Waals surface area contributed by atoms with Crippen LogP contribution in [-0.2, 0) is 28.4 Å². The van der Waals surface area contributed by atoms with Gasteiger partial charge in [0.25, 0.3) is 0 Å². The van der Waals surface area contributed by atoms with Crippen LogP contribution >= 0.6 is 48.9 Å². The van der Waals surface area contributed by atoms with Crippen molar-refractivity contribution < 1.29 is 28.4 Å². The van der Waals surface area contributed by atoms with Gasteiger partial charge in [-0.05, 0) is 48.9 Å². The van der Waals surface area contributed by atoms with Gasteiger partial charge in [-0.3, -0.25) is 0 Å². The van der Waals surface area contributed by atoms with Gasteiger partial charge in [-0.1, -0.05) is 0 Å². The number of hydrogen-bond donors (Lipinski definition) is 0. The third-order valence-electron chi connectivity index (χ3n) is 2.18. The van der Waals surface area contributed by atoms with Crippen LogP contribution in [0, 0.1) is 0 Å². The van der Waals surface area contributed by atoms with Crippen molar-refractivity contribution in [1.29, 1.82) is 0 Å². The summed E-state index contributed by atoms with van der Waals surface area (Å²) in [7, 11) is 0. The van der Waals surface area contributed by atoms with Crippen LogP contribution in [0.15, 0.2) is 0 Å². The second-order valence-electron chi connectivity index (χ2n) is 3.77. The van der Waals surface area contributed by atoms with Crippen molar-refractivity contribution in [2.24, 2.45) is 0 Å². The van der Waals surface area contributed by atoms with E-state index in [1.54, 1.807) is 0 Å². The van der Waals surface area contributed by atoms with E-state index < -0.39 is 0 Å². The van der Waals surface area contributed by atoms with Gasteiger partial charge in [-0.25, -0.2) is 0 Å². The maximum absolute atomic E-state index is 5.29. The highest BCUT2D eigenvalue weighted by Crippen LogP contribution is 1.95. The summed E-state index contributed by atoms with van der Waals surface area (Å²) in [5.74, 6) is 0.